The fraction of sp³-hybridized carbons (Fsp3) is 0.893. The van der Waals surface area contributed by atoms with Gasteiger partial charge in [-0.3, -0.25) is 14.4 Å². The van der Waals surface area contributed by atoms with Crippen LogP contribution in [0.2, 0.25) is 0 Å². The van der Waals surface area contributed by atoms with Gasteiger partial charge in [0.05, 0.1) is 17.8 Å². The second kappa shape index (κ2) is 9.79. The summed E-state index contributed by atoms with van der Waals surface area (Å²) in [6.45, 7) is 14.2. The van der Waals surface area contributed by atoms with Crippen molar-refractivity contribution in [3.8, 4) is 0 Å². The van der Waals surface area contributed by atoms with Gasteiger partial charge < -0.3 is 28.8 Å². The molecule has 37 heavy (non-hydrogen) atoms. The van der Waals surface area contributed by atoms with Crippen LogP contribution in [0.1, 0.15) is 87.5 Å². The van der Waals surface area contributed by atoms with Gasteiger partial charge in [0.15, 0.2) is 6.10 Å². The Balaban J connectivity index is 1.86. The Kier molecular flexibility index (Phi) is 7.49. The maximum atomic E-state index is 12.8. The molecule has 0 radical (unpaired) electrons. The molecule has 0 amide bonds. The van der Waals surface area contributed by atoms with Gasteiger partial charge in [-0.15, -0.1) is 0 Å². The average Bonchev–Trinajstić information content (AvgIpc) is 3.22. The van der Waals surface area contributed by atoms with E-state index in [-0.39, 0.29) is 29.8 Å². The lowest BCUT2D eigenvalue weighted by Crippen LogP contribution is -2.68. The van der Waals surface area contributed by atoms with Crippen molar-refractivity contribution in [1.29, 1.82) is 0 Å². The smallest absolute Gasteiger partial charge is 0.306 e. The maximum absolute atomic E-state index is 12.8. The Morgan fingerprint density at radius 3 is 2.30 bits per heavy atom. The topological polar surface area (TPSA) is 121 Å². The summed E-state index contributed by atoms with van der Waals surface area (Å²) in [5.74, 6) is -2.50. The van der Waals surface area contributed by atoms with Crippen LogP contribution in [0, 0.1) is 23.7 Å². The van der Waals surface area contributed by atoms with Gasteiger partial charge in [0.2, 0.25) is 0 Å². The molecule has 4 fully saturated rings. The van der Waals surface area contributed by atoms with E-state index < -0.39 is 59.1 Å². The van der Waals surface area contributed by atoms with Gasteiger partial charge in [0, 0.05) is 44.4 Å². The number of carbonyl (C=O) groups is 3. The van der Waals surface area contributed by atoms with Crippen LogP contribution >= 0.6 is 0 Å². The van der Waals surface area contributed by atoms with Gasteiger partial charge in [0.25, 0.3) is 0 Å². The number of aliphatic hydroxyl groups is 1. The second-order valence-corrected chi connectivity index (χ2v) is 12.5. The van der Waals surface area contributed by atoms with Crippen molar-refractivity contribution in [2.45, 2.75) is 135 Å². The fourth-order valence-corrected chi connectivity index (χ4v) is 7.62. The van der Waals surface area contributed by atoms with Crippen molar-refractivity contribution in [2.24, 2.45) is 23.7 Å². The molecule has 0 unspecified atom stereocenters. The van der Waals surface area contributed by atoms with Crippen molar-refractivity contribution < 1.29 is 43.2 Å². The largest absolute Gasteiger partial charge is 0.458 e. The summed E-state index contributed by atoms with van der Waals surface area (Å²) < 4.78 is 30.7. The number of esters is 3. The number of hydrogen-bond acceptors (Lipinski definition) is 9. The first-order chi connectivity index (χ1) is 17.1. The molecular formula is C28H44O9. The van der Waals surface area contributed by atoms with Gasteiger partial charge in [-0.25, -0.2) is 0 Å². The van der Waals surface area contributed by atoms with E-state index in [0.29, 0.717) is 25.7 Å². The monoisotopic (exact) mass is 524 g/mol. The number of hydrogen-bond donors (Lipinski definition) is 1. The Hall–Kier alpha value is -1.71. The van der Waals surface area contributed by atoms with Crippen LogP contribution in [-0.2, 0) is 38.1 Å². The van der Waals surface area contributed by atoms with Crippen molar-refractivity contribution in [2.75, 3.05) is 0 Å². The molecule has 210 valence electrons. The maximum Gasteiger partial charge on any atom is 0.306 e. The highest BCUT2D eigenvalue weighted by Crippen LogP contribution is 2.60. The van der Waals surface area contributed by atoms with E-state index in [4.69, 9.17) is 23.7 Å². The molecule has 0 aromatic carbocycles. The molecule has 3 aliphatic heterocycles. The van der Waals surface area contributed by atoms with Crippen molar-refractivity contribution in [3.05, 3.63) is 0 Å². The molecule has 1 saturated carbocycles. The van der Waals surface area contributed by atoms with Gasteiger partial charge >= 0.3 is 17.9 Å². The van der Waals surface area contributed by atoms with E-state index in [1.807, 2.05) is 27.7 Å². The molecule has 3 heterocycles. The molecule has 1 N–H and O–H groups in total. The Morgan fingerprint density at radius 1 is 1.08 bits per heavy atom. The standard InChI is InChI=1S/C28H44O9/c1-9-10-19(31)37-26(6)12-11-18-27(7,36-18)13-17-22-21(24(26)35-17)20(14(2)3)23(33-15(4)29)25(28(22,8)32)34-16(5)30/h14,17-18,20-25,32H,9-13H2,1-8H3/t17-,18+,20-,21-,22-,23+,24-,25-,26-,27-,28+/m1/s1. The van der Waals surface area contributed by atoms with E-state index >= 15 is 0 Å². The average molecular weight is 525 g/mol. The van der Waals surface area contributed by atoms with Crippen LogP contribution in [0.4, 0.5) is 0 Å². The minimum atomic E-state index is -1.57. The number of carbonyl (C=O) groups excluding carboxylic acids is 3. The highest BCUT2D eigenvalue weighted by atomic mass is 16.6. The third-order valence-corrected chi connectivity index (χ3v) is 9.17. The van der Waals surface area contributed by atoms with Gasteiger partial charge in [-0.2, -0.15) is 0 Å². The van der Waals surface area contributed by atoms with Crippen molar-refractivity contribution in [3.63, 3.8) is 0 Å². The minimum Gasteiger partial charge on any atom is -0.458 e. The van der Waals surface area contributed by atoms with Gasteiger partial charge in [-0.05, 0) is 46.0 Å². The Morgan fingerprint density at radius 2 is 1.73 bits per heavy atom. The molecule has 9 heteroatoms. The highest BCUT2D eigenvalue weighted by Gasteiger charge is 2.71. The van der Waals surface area contributed by atoms with Crippen LogP contribution in [0.3, 0.4) is 0 Å². The number of fused-ring (bicyclic) bond motifs is 6. The zero-order chi connectivity index (χ0) is 27.5. The normalized spacial score (nSPS) is 46.5. The first-order valence-corrected chi connectivity index (χ1v) is 13.8. The van der Waals surface area contributed by atoms with E-state index in [9.17, 15) is 19.5 Å². The van der Waals surface area contributed by atoms with Crippen LogP contribution in [0.15, 0.2) is 0 Å². The zero-order valence-corrected chi connectivity index (χ0v) is 23.4. The Bertz CT molecular complexity index is 915. The summed E-state index contributed by atoms with van der Waals surface area (Å²) in [6.07, 6.45) is -0.126. The molecule has 0 aromatic rings. The van der Waals surface area contributed by atoms with Crippen molar-refractivity contribution in [1.82, 2.24) is 0 Å². The fourth-order valence-electron chi connectivity index (χ4n) is 7.62. The molecule has 4 rings (SSSR count). The predicted octanol–water partition coefficient (Wildman–Crippen LogP) is 3.33. The van der Waals surface area contributed by atoms with E-state index in [1.54, 1.807) is 6.92 Å². The first-order valence-electron chi connectivity index (χ1n) is 13.8. The summed E-state index contributed by atoms with van der Waals surface area (Å²) in [5.41, 5.74) is -2.95. The Labute approximate surface area is 219 Å². The van der Waals surface area contributed by atoms with Gasteiger partial charge in [0.1, 0.15) is 23.4 Å². The predicted molar refractivity (Wildman–Crippen MR) is 132 cm³/mol. The lowest BCUT2D eigenvalue weighted by Gasteiger charge is -2.55. The lowest BCUT2D eigenvalue weighted by molar-refractivity contribution is -0.240. The molecule has 3 saturated heterocycles. The van der Waals surface area contributed by atoms with Crippen LogP contribution in [0.5, 0.6) is 0 Å². The third kappa shape index (κ3) is 5.03. The number of epoxide rings is 1. The lowest BCUT2D eigenvalue weighted by atomic mass is 9.55. The third-order valence-electron chi connectivity index (χ3n) is 9.17. The summed E-state index contributed by atoms with van der Waals surface area (Å²) in [6, 6.07) is 0. The minimum absolute atomic E-state index is 0.0186. The summed E-state index contributed by atoms with van der Waals surface area (Å²) in [7, 11) is 0. The number of ether oxygens (including phenoxy) is 5. The SMILES string of the molecule is CCCC(=O)O[C@]1(C)CC[C@@H]2O[C@]2(C)C[C@H]2O[C@@H]1[C@@H]1[C@@H](C(C)C)[C@H](OC(C)=O)[C@@H](OC(C)=O)[C@@](C)(O)[C@@H]12. The van der Waals surface area contributed by atoms with E-state index in [1.165, 1.54) is 13.8 Å². The molecule has 0 aromatic heterocycles. The van der Waals surface area contributed by atoms with E-state index in [2.05, 4.69) is 6.92 Å². The zero-order valence-electron chi connectivity index (χ0n) is 23.4. The van der Waals surface area contributed by atoms with Gasteiger partial charge in [-0.1, -0.05) is 20.8 Å². The van der Waals surface area contributed by atoms with Crippen molar-refractivity contribution >= 4 is 17.9 Å². The summed E-state index contributed by atoms with van der Waals surface area (Å²) in [5, 5.41) is 12.2. The second-order valence-electron chi connectivity index (χ2n) is 12.5. The first kappa shape index (κ1) is 28.3. The summed E-state index contributed by atoms with van der Waals surface area (Å²) >= 11 is 0. The molecule has 11 atom stereocenters. The molecule has 0 spiro atoms. The molecule has 4 aliphatic rings. The highest BCUT2D eigenvalue weighted by molar-refractivity contribution is 5.70. The van der Waals surface area contributed by atoms with E-state index in [0.717, 1.165) is 6.42 Å². The molecule has 1 aliphatic carbocycles. The quantitative estimate of drug-likeness (QED) is 0.317. The molecule has 9 nitrogen and oxygen atoms in total. The molecule has 2 bridgehead atoms. The van der Waals surface area contributed by atoms with Crippen LogP contribution in [-0.4, -0.2) is 70.3 Å². The number of rotatable bonds is 6. The van der Waals surface area contributed by atoms with Crippen LogP contribution < -0.4 is 0 Å². The summed E-state index contributed by atoms with van der Waals surface area (Å²) in [4.78, 5) is 37.3. The molecular weight excluding hydrogens is 480 g/mol. The van der Waals surface area contributed by atoms with Crippen LogP contribution in [0.25, 0.3) is 0 Å².